The van der Waals surface area contributed by atoms with E-state index in [1.807, 2.05) is 6.20 Å². The number of rotatable bonds is 0. The Morgan fingerprint density at radius 2 is 1.45 bits per heavy atom. The predicted octanol–water partition coefficient (Wildman–Crippen LogP) is 5.71. The van der Waals surface area contributed by atoms with Crippen LogP contribution in [-0.4, -0.2) is 15.3 Å². The van der Waals surface area contributed by atoms with Crippen LogP contribution in [0.25, 0.3) is 0 Å². The van der Waals surface area contributed by atoms with Gasteiger partial charge in [-0.3, -0.25) is 0 Å². The van der Waals surface area contributed by atoms with Crippen LogP contribution in [0.4, 0.5) is 5.82 Å². The molecule has 1 aliphatic heterocycles. The summed E-state index contributed by atoms with van der Waals surface area (Å²) in [7, 11) is 0. The maximum absolute atomic E-state index is 4.99. The molecule has 1 unspecified atom stereocenters. The van der Waals surface area contributed by atoms with Gasteiger partial charge in [0.15, 0.2) is 5.82 Å². The molecule has 0 saturated carbocycles. The maximum Gasteiger partial charge on any atom is 0.175 e. The summed E-state index contributed by atoms with van der Waals surface area (Å²) in [5.74, 6) is 0.907. The molecule has 0 spiro atoms. The predicted molar refractivity (Wildman–Crippen MR) is 91.6 cm³/mol. The van der Waals surface area contributed by atoms with E-state index in [1.54, 1.807) is 0 Å². The Morgan fingerprint density at radius 3 is 1.86 bits per heavy atom. The van der Waals surface area contributed by atoms with Crippen molar-refractivity contribution in [2.75, 3.05) is 0 Å². The van der Waals surface area contributed by atoms with Gasteiger partial charge in [0.2, 0.25) is 0 Å². The van der Waals surface area contributed by atoms with Gasteiger partial charge in [-0.1, -0.05) is 62.3 Å². The molecule has 0 fully saturated rings. The van der Waals surface area contributed by atoms with Gasteiger partial charge in [-0.2, -0.15) is 10.2 Å². The lowest BCUT2D eigenvalue weighted by Gasteiger charge is -2.58. The van der Waals surface area contributed by atoms with E-state index in [-0.39, 0.29) is 27.8 Å². The standard InChI is InChI=1S/C18H32N4/c1-12-11-19-22-13(12)20-21-18(16(5,6)7,17(8,9)10)14(22)15(2,3)4/h11,14H,1-10H3. The van der Waals surface area contributed by atoms with Gasteiger partial charge in [0.25, 0.3) is 0 Å². The van der Waals surface area contributed by atoms with Crippen molar-refractivity contribution in [3.63, 3.8) is 0 Å². The SMILES string of the molecule is Cc1cnn2c1N=NC(C(C)(C)C)(C(C)(C)C)C2C(C)(C)C. The van der Waals surface area contributed by atoms with Crippen LogP contribution in [0.1, 0.15) is 73.9 Å². The lowest BCUT2D eigenvalue weighted by molar-refractivity contribution is -0.0464. The molecular weight excluding hydrogens is 272 g/mol. The Labute approximate surface area is 135 Å². The molecule has 0 N–H and O–H groups in total. The molecule has 0 radical (unpaired) electrons. The van der Waals surface area contributed by atoms with Crippen LogP contribution in [0.3, 0.4) is 0 Å². The Balaban J connectivity index is 2.85. The zero-order valence-electron chi connectivity index (χ0n) is 15.9. The first-order valence-corrected chi connectivity index (χ1v) is 8.20. The lowest BCUT2D eigenvalue weighted by atomic mass is 9.53. The molecule has 0 saturated heterocycles. The van der Waals surface area contributed by atoms with Gasteiger partial charge in [-0.15, -0.1) is 5.11 Å². The van der Waals surface area contributed by atoms with Gasteiger partial charge in [-0.25, -0.2) is 4.68 Å². The second kappa shape index (κ2) is 4.65. The first-order chi connectivity index (χ1) is 9.73. The normalized spacial score (nSPS) is 21.8. The first kappa shape index (κ1) is 17.2. The molecule has 1 aromatic heterocycles. The molecule has 2 rings (SSSR count). The zero-order valence-corrected chi connectivity index (χ0v) is 15.9. The van der Waals surface area contributed by atoms with Crippen molar-refractivity contribution in [2.24, 2.45) is 26.5 Å². The van der Waals surface area contributed by atoms with Crippen molar-refractivity contribution in [3.8, 4) is 0 Å². The maximum atomic E-state index is 4.99. The Kier molecular flexibility index (Phi) is 3.63. The van der Waals surface area contributed by atoms with E-state index in [1.165, 1.54) is 0 Å². The molecule has 2 heterocycles. The number of nitrogens with zero attached hydrogens (tertiary/aromatic N) is 4. The number of hydrogen-bond donors (Lipinski definition) is 0. The summed E-state index contributed by atoms with van der Waals surface area (Å²) in [4.78, 5) is 0. The molecule has 0 bridgehead atoms. The number of fused-ring (bicyclic) bond motifs is 1. The minimum absolute atomic E-state index is 0.0210. The van der Waals surface area contributed by atoms with Gasteiger partial charge in [0.1, 0.15) is 5.54 Å². The van der Waals surface area contributed by atoms with Gasteiger partial charge >= 0.3 is 0 Å². The first-order valence-electron chi connectivity index (χ1n) is 8.20. The molecular formula is C18H32N4. The summed E-state index contributed by atoms with van der Waals surface area (Å²) in [5, 5.41) is 14.3. The molecule has 1 aromatic rings. The van der Waals surface area contributed by atoms with Crippen molar-refractivity contribution < 1.29 is 0 Å². The third kappa shape index (κ3) is 2.22. The third-order valence-electron chi connectivity index (χ3n) is 5.00. The summed E-state index contributed by atoms with van der Waals surface area (Å²) < 4.78 is 2.12. The van der Waals surface area contributed by atoms with Crippen molar-refractivity contribution >= 4 is 5.82 Å². The average molecular weight is 304 g/mol. The molecule has 4 heteroatoms. The molecule has 0 aliphatic carbocycles. The summed E-state index contributed by atoms with van der Waals surface area (Å²) in [6, 6.07) is 0.154. The van der Waals surface area contributed by atoms with E-state index in [0.29, 0.717) is 0 Å². The fourth-order valence-electron chi connectivity index (χ4n) is 4.35. The van der Waals surface area contributed by atoms with Crippen molar-refractivity contribution in [2.45, 2.75) is 80.8 Å². The van der Waals surface area contributed by atoms with E-state index < -0.39 is 0 Å². The van der Waals surface area contributed by atoms with E-state index in [0.717, 1.165) is 11.4 Å². The summed E-state index contributed by atoms with van der Waals surface area (Å²) in [5.41, 5.74) is 0.709. The minimum Gasteiger partial charge on any atom is -0.240 e. The Bertz CT molecular complexity index is 574. The molecule has 124 valence electrons. The largest absolute Gasteiger partial charge is 0.240 e. The Hall–Kier alpha value is -1.19. The second-order valence-corrected chi connectivity index (χ2v) is 9.83. The van der Waals surface area contributed by atoms with E-state index >= 15 is 0 Å². The number of aryl methyl sites for hydroxylation is 1. The van der Waals surface area contributed by atoms with Crippen LogP contribution < -0.4 is 0 Å². The highest BCUT2D eigenvalue weighted by Gasteiger charge is 2.62. The van der Waals surface area contributed by atoms with Crippen LogP contribution in [0.5, 0.6) is 0 Å². The topological polar surface area (TPSA) is 42.5 Å². The minimum atomic E-state index is -0.330. The second-order valence-electron chi connectivity index (χ2n) is 9.83. The van der Waals surface area contributed by atoms with E-state index in [4.69, 9.17) is 5.11 Å². The Morgan fingerprint density at radius 1 is 0.955 bits per heavy atom. The summed E-state index contributed by atoms with van der Waals surface area (Å²) in [6.45, 7) is 22.6. The van der Waals surface area contributed by atoms with Crippen molar-refractivity contribution in [1.29, 1.82) is 0 Å². The summed E-state index contributed by atoms with van der Waals surface area (Å²) in [6.07, 6.45) is 1.91. The molecule has 0 amide bonds. The zero-order chi connectivity index (χ0) is 17.1. The highest BCUT2D eigenvalue weighted by atomic mass is 15.4. The smallest absolute Gasteiger partial charge is 0.175 e. The van der Waals surface area contributed by atoms with Crippen molar-refractivity contribution in [3.05, 3.63) is 11.8 Å². The van der Waals surface area contributed by atoms with Gasteiger partial charge in [-0.05, 0) is 23.2 Å². The fourth-order valence-corrected chi connectivity index (χ4v) is 4.35. The summed E-state index contributed by atoms with van der Waals surface area (Å²) >= 11 is 0. The number of azo groups is 1. The van der Waals surface area contributed by atoms with E-state index in [9.17, 15) is 0 Å². The van der Waals surface area contributed by atoms with Gasteiger partial charge < -0.3 is 0 Å². The monoisotopic (exact) mass is 304 g/mol. The van der Waals surface area contributed by atoms with Crippen LogP contribution in [0.15, 0.2) is 16.4 Å². The molecule has 4 nitrogen and oxygen atoms in total. The lowest BCUT2D eigenvalue weighted by Crippen LogP contribution is -2.61. The van der Waals surface area contributed by atoms with Crippen LogP contribution in [0.2, 0.25) is 0 Å². The van der Waals surface area contributed by atoms with Gasteiger partial charge in [0.05, 0.1) is 12.2 Å². The highest BCUT2D eigenvalue weighted by Crippen LogP contribution is 2.60. The highest BCUT2D eigenvalue weighted by molar-refractivity contribution is 5.39. The van der Waals surface area contributed by atoms with Crippen LogP contribution >= 0.6 is 0 Å². The molecule has 1 aliphatic rings. The number of aromatic nitrogens is 2. The molecule has 0 aromatic carbocycles. The van der Waals surface area contributed by atoms with Crippen LogP contribution in [0, 0.1) is 23.2 Å². The quantitative estimate of drug-likeness (QED) is 0.605. The van der Waals surface area contributed by atoms with Crippen molar-refractivity contribution in [1.82, 2.24) is 9.78 Å². The fraction of sp³-hybridized carbons (Fsp3) is 0.833. The van der Waals surface area contributed by atoms with Gasteiger partial charge in [0, 0.05) is 5.56 Å². The van der Waals surface area contributed by atoms with E-state index in [2.05, 4.69) is 84.1 Å². The third-order valence-corrected chi connectivity index (χ3v) is 5.00. The molecule has 22 heavy (non-hydrogen) atoms. The molecule has 1 atom stereocenters. The average Bonchev–Trinajstić information content (AvgIpc) is 2.65. The van der Waals surface area contributed by atoms with Crippen LogP contribution in [-0.2, 0) is 0 Å². The number of hydrogen-bond acceptors (Lipinski definition) is 3.